The average molecular weight is 285 g/mol. The van der Waals surface area contributed by atoms with Crippen LogP contribution in [0.25, 0.3) is 0 Å². The van der Waals surface area contributed by atoms with Crippen molar-refractivity contribution in [2.45, 2.75) is 62.0 Å². The highest BCUT2D eigenvalue weighted by molar-refractivity contribution is 8.01. The van der Waals surface area contributed by atoms with Gasteiger partial charge < -0.3 is 5.11 Å². The van der Waals surface area contributed by atoms with Crippen molar-refractivity contribution in [2.75, 3.05) is 0 Å². The number of amides is 2. The maximum absolute atomic E-state index is 12.3. The fraction of sp³-hybridized carbons (Fsp3) is 0.769. The molecule has 1 saturated heterocycles. The summed E-state index contributed by atoms with van der Waals surface area (Å²) in [6.45, 7) is 1.55. The third-order valence-electron chi connectivity index (χ3n) is 3.80. The van der Waals surface area contributed by atoms with E-state index < -0.39 is 16.5 Å². The standard InChI is InChI=1S/C13H19NO4S/c1-8(13(17)18)19-10-7-11(15)14(12(10)16)9-5-3-2-4-6-9/h8-10H,2-7H2,1H3,(H,17,18). The van der Waals surface area contributed by atoms with Gasteiger partial charge in [0.25, 0.3) is 0 Å². The molecule has 1 N–H and O–H groups in total. The highest BCUT2D eigenvalue weighted by Gasteiger charge is 2.43. The van der Waals surface area contributed by atoms with Gasteiger partial charge in [0, 0.05) is 12.5 Å². The van der Waals surface area contributed by atoms with Crippen LogP contribution in [0, 0.1) is 0 Å². The number of nitrogens with zero attached hydrogens (tertiary/aromatic N) is 1. The Hall–Kier alpha value is -1.04. The molecule has 0 aromatic rings. The van der Waals surface area contributed by atoms with Crippen LogP contribution in [0.3, 0.4) is 0 Å². The SMILES string of the molecule is CC(SC1CC(=O)N(C2CCCCC2)C1=O)C(=O)O. The van der Waals surface area contributed by atoms with Crippen LogP contribution < -0.4 is 0 Å². The van der Waals surface area contributed by atoms with Gasteiger partial charge in [0.15, 0.2) is 0 Å². The van der Waals surface area contributed by atoms with E-state index in [-0.39, 0.29) is 24.3 Å². The molecule has 0 spiro atoms. The third kappa shape index (κ3) is 3.11. The summed E-state index contributed by atoms with van der Waals surface area (Å²) in [5.74, 6) is -1.26. The number of carboxylic acid groups (broad SMARTS) is 1. The van der Waals surface area contributed by atoms with Gasteiger partial charge >= 0.3 is 5.97 Å². The van der Waals surface area contributed by atoms with Gasteiger partial charge in [-0.2, -0.15) is 0 Å². The Morgan fingerprint density at radius 2 is 1.95 bits per heavy atom. The molecule has 2 rings (SSSR count). The zero-order valence-corrected chi connectivity index (χ0v) is 11.8. The Bertz CT molecular complexity index is 392. The molecular formula is C13H19NO4S. The minimum Gasteiger partial charge on any atom is -0.480 e. The van der Waals surface area contributed by atoms with Gasteiger partial charge in [0.1, 0.15) is 5.25 Å². The maximum Gasteiger partial charge on any atom is 0.316 e. The molecule has 1 heterocycles. The first-order chi connectivity index (χ1) is 9.00. The van der Waals surface area contributed by atoms with Crippen LogP contribution in [-0.4, -0.2) is 44.3 Å². The monoisotopic (exact) mass is 285 g/mol. The van der Waals surface area contributed by atoms with Gasteiger partial charge in [-0.25, -0.2) is 0 Å². The molecule has 2 atom stereocenters. The van der Waals surface area contributed by atoms with Crippen LogP contribution in [-0.2, 0) is 14.4 Å². The van der Waals surface area contributed by atoms with Gasteiger partial charge in [-0.3, -0.25) is 19.3 Å². The number of hydrogen-bond acceptors (Lipinski definition) is 4. The molecule has 5 nitrogen and oxygen atoms in total. The molecule has 2 amide bonds. The molecule has 106 valence electrons. The number of carbonyl (C=O) groups is 3. The first-order valence-corrected chi connectivity index (χ1v) is 7.69. The van der Waals surface area contributed by atoms with E-state index in [1.54, 1.807) is 6.92 Å². The summed E-state index contributed by atoms with van der Waals surface area (Å²) in [4.78, 5) is 36.5. The summed E-state index contributed by atoms with van der Waals surface area (Å²) in [5.41, 5.74) is 0. The highest BCUT2D eigenvalue weighted by Crippen LogP contribution is 2.33. The first kappa shape index (κ1) is 14.4. The summed E-state index contributed by atoms with van der Waals surface area (Å²) in [6.07, 6.45) is 5.22. The molecule has 6 heteroatoms. The lowest BCUT2D eigenvalue weighted by Crippen LogP contribution is -2.42. The van der Waals surface area contributed by atoms with Gasteiger partial charge in [0.05, 0.1) is 5.25 Å². The van der Waals surface area contributed by atoms with E-state index in [1.807, 2.05) is 0 Å². The number of likely N-dealkylation sites (tertiary alicyclic amines) is 1. The molecule has 2 unspecified atom stereocenters. The van der Waals surface area contributed by atoms with Gasteiger partial charge in [-0.05, 0) is 19.8 Å². The summed E-state index contributed by atoms with van der Waals surface area (Å²) in [6, 6.07) is 0.0412. The van der Waals surface area contributed by atoms with Crippen LogP contribution in [0.4, 0.5) is 0 Å². The molecule has 1 saturated carbocycles. The summed E-state index contributed by atoms with van der Waals surface area (Å²) >= 11 is 1.08. The van der Waals surface area contributed by atoms with Gasteiger partial charge in [-0.1, -0.05) is 19.3 Å². The van der Waals surface area contributed by atoms with Gasteiger partial charge in [-0.15, -0.1) is 11.8 Å². The second-order valence-corrected chi connectivity index (χ2v) is 6.75. The molecule has 19 heavy (non-hydrogen) atoms. The quantitative estimate of drug-likeness (QED) is 0.795. The van der Waals surface area contributed by atoms with Crippen LogP contribution in [0.15, 0.2) is 0 Å². The van der Waals surface area contributed by atoms with Crippen molar-refractivity contribution in [1.82, 2.24) is 4.90 Å². The van der Waals surface area contributed by atoms with Crippen molar-refractivity contribution in [3.8, 4) is 0 Å². The summed E-state index contributed by atoms with van der Waals surface area (Å²) in [5, 5.41) is 7.71. The van der Waals surface area contributed by atoms with Crippen molar-refractivity contribution in [3.63, 3.8) is 0 Å². The second-order valence-electron chi connectivity index (χ2n) is 5.20. The number of rotatable bonds is 4. The minimum absolute atomic E-state index is 0.0412. The Morgan fingerprint density at radius 3 is 2.53 bits per heavy atom. The van der Waals surface area contributed by atoms with Gasteiger partial charge in [0.2, 0.25) is 11.8 Å². The molecule has 2 fully saturated rings. The summed E-state index contributed by atoms with van der Waals surface area (Å²) in [7, 11) is 0. The zero-order valence-electron chi connectivity index (χ0n) is 11.0. The number of carboxylic acids is 1. The fourth-order valence-electron chi connectivity index (χ4n) is 2.76. The van der Waals surface area contributed by atoms with E-state index in [1.165, 1.54) is 11.3 Å². The molecule has 0 bridgehead atoms. The molecule has 0 aromatic heterocycles. The van der Waals surface area contributed by atoms with E-state index >= 15 is 0 Å². The van der Waals surface area contributed by atoms with E-state index in [0.717, 1.165) is 37.4 Å². The summed E-state index contributed by atoms with van der Waals surface area (Å²) < 4.78 is 0. The number of aliphatic carboxylic acids is 1. The molecule has 0 aromatic carbocycles. The average Bonchev–Trinajstić information content (AvgIpc) is 2.65. The Labute approximate surface area is 116 Å². The highest BCUT2D eigenvalue weighted by atomic mass is 32.2. The maximum atomic E-state index is 12.3. The molecular weight excluding hydrogens is 266 g/mol. The molecule has 1 aliphatic carbocycles. The minimum atomic E-state index is -0.943. The van der Waals surface area contributed by atoms with Crippen LogP contribution in [0.1, 0.15) is 45.4 Å². The fourth-order valence-corrected chi connectivity index (χ4v) is 3.83. The predicted molar refractivity (Wildman–Crippen MR) is 71.8 cm³/mol. The lowest BCUT2D eigenvalue weighted by atomic mass is 9.94. The number of imide groups is 1. The van der Waals surface area contributed by atoms with E-state index in [0.29, 0.717) is 0 Å². The lowest BCUT2D eigenvalue weighted by Gasteiger charge is -2.29. The number of thioether (sulfide) groups is 1. The lowest BCUT2D eigenvalue weighted by molar-refractivity contribution is -0.141. The van der Waals surface area contributed by atoms with Crippen LogP contribution in [0.2, 0.25) is 0 Å². The Kier molecular flexibility index (Phi) is 4.50. The number of carbonyl (C=O) groups excluding carboxylic acids is 2. The smallest absolute Gasteiger partial charge is 0.316 e. The van der Waals surface area contributed by atoms with Crippen LogP contribution in [0.5, 0.6) is 0 Å². The van der Waals surface area contributed by atoms with Crippen molar-refractivity contribution in [3.05, 3.63) is 0 Å². The normalized spacial score (nSPS) is 26.8. The molecule has 2 aliphatic rings. The largest absolute Gasteiger partial charge is 0.480 e. The second kappa shape index (κ2) is 5.94. The molecule has 1 aliphatic heterocycles. The Morgan fingerprint density at radius 1 is 1.32 bits per heavy atom. The van der Waals surface area contributed by atoms with Crippen molar-refractivity contribution in [1.29, 1.82) is 0 Å². The predicted octanol–water partition coefficient (Wildman–Crippen LogP) is 1.65. The van der Waals surface area contributed by atoms with Crippen LogP contribution >= 0.6 is 11.8 Å². The zero-order chi connectivity index (χ0) is 14.0. The topological polar surface area (TPSA) is 74.7 Å². The molecule has 0 radical (unpaired) electrons. The van der Waals surface area contributed by atoms with Crippen molar-refractivity contribution in [2.24, 2.45) is 0 Å². The third-order valence-corrected chi connectivity index (χ3v) is 5.10. The number of hydrogen-bond donors (Lipinski definition) is 1. The van der Waals surface area contributed by atoms with Crippen molar-refractivity contribution < 1.29 is 19.5 Å². The first-order valence-electron chi connectivity index (χ1n) is 6.75. The van der Waals surface area contributed by atoms with E-state index in [2.05, 4.69) is 0 Å². The Balaban J connectivity index is 2.01. The van der Waals surface area contributed by atoms with E-state index in [9.17, 15) is 14.4 Å². The van der Waals surface area contributed by atoms with Crippen molar-refractivity contribution >= 4 is 29.5 Å². The van der Waals surface area contributed by atoms with E-state index in [4.69, 9.17) is 5.11 Å².